The van der Waals surface area contributed by atoms with Gasteiger partial charge < -0.3 is 19.1 Å². The number of piperazine rings is 1. The normalized spacial score (nSPS) is 21.3. The summed E-state index contributed by atoms with van der Waals surface area (Å²) in [5.41, 5.74) is -0.169. The number of carbonyl (C=O) groups is 2. The molecule has 0 bridgehead atoms. The van der Waals surface area contributed by atoms with Crippen molar-refractivity contribution in [2.75, 3.05) is 32.8 Å². The molecule has 0 aliphatic carbocycles. The van der Waals surface area contributed by atoms with Crippen molar-refractivity contribution in [3.63, 3.8) is 0 Å². The fourth-order valence-electron chi connectivity index (χ4n) is 3.19. The number of aromatic nitrogens is 2. The molecule has 144 valence electrons. The van der Waals surface area contributed by atoms with Crippen LogP contribution in [0.4, 0.5) is 0 Å². The van der Waals surface area contributed by atoms with Crippen molar-refractivity contribution in [1.82, 2.24) is 19.9 Å². The molecule has 2 amide bonds. The molecule has 0 N–H and O–H groups in total. The van der Waals surface area contributed by atoms with E-state index in [1.54, 1.807) is 4.90 Å². The van der Waals surface area contributed by atoms with Crippen molar-refractivity contribution in [2.24, 2.45) is 0 Å². The highest BCUT2D eigenvalue weighted by Crippen LogP contribution is 2.19. The van der Waals surface area contributed by atoms with Crippen molar-refractivity contribution < 1.29 is 18.8 Å². The molecular weight excluding hydrogens is 336 g/mol. The van der Waals surface area contributed by atoms with Crippen molar-refractivity contribution in [3.05, 3.63) is 11.7 Å². The monoisotopic (exact) mass is 364 g/mol. The number of nitrogens with zero attached hydrogens (tertiary/aromatic N) is 4. The summed E-state index contributed by atoms with van der Waals surface area (Å²) in [6.45, 7) is 8.99. The van der Waals surface area contributed by atoms with Gasteiger partial charge in [-0.3, -0.25) is 9.59 Å². The number of ether oxygens (including phenoxy) is 1. The first-order valence-corrected chi connectivity index (χ1v) is 9.36. The Hall–Kier alpha value is -1.96. The summed E-state index contributed by atoms with van der Waals surface area (Å²) in [7, 11) is 0. The Balaban J connectivity index is 1.43. The van der Waals surface area contributed by atoms with E-state index in [-0.39, 0.29) is 23.3 Å². The molecule has 3 rings (SSSR count). The quantitative estimate of drug-likeness (QED) is 0.796. The third kappa shape index (κ3) is 4.41. The molecule has 0 saturated carbocycles. The van der Waals surface area contributed by atoms with Crippen LogP contribution in [-0.4, -0.2) is 70.6 Å². The highest BCUT2D eigenvalue weighted by Gasteiger charge is 2.31. The van der Waals surface area contributed by atoms with Crippen LogP contribution in [0.25, 0.3) is 0 Å². The Morgan fingerprint density at radius 1 is 1.15 bits per heavy atom. The SMILES string of the molecule is CC(C)(C)c1noc(CCC(=O)N2CCN(C(=O)C3CCCO3)CC2)n1. The maximum absolute atomic E-state index is 12.4. The van der Waals surface area contributed by atoms with Gasteiger partial charge in [0.25, 0.3) is 5.91 Å². The van der Waals surface area contributed by atoms with Crippen molar-refractivity contribution in [2.45, 2.75) is 58.0 Å². The largest absolute Gasteiger partial charge is 0.368 e. The van der Waals surface area contributed by atoms with Crippen LogP contribution in [0.5, 0.6) is 0 Å². The molecule has 26 heavy (non-hydrogen) atoms. The van der Waals surface area contributed by atoms with Crippen LogP contribution in [-0.2, 0) is 26.2 Å². The molecule has 1 aromatic heterocycles. The van der Waals surface area contributed by atoms with Crippen molar-refractivity contribution >= 4 is 11.8 Å². The zero-order chi connectivity index (χ0) is 18.7. The van der Waals surface area contributed by atoms with Gasteiger partial charge in [-0.05, 0) is 12.8 Å². The fraction of sp³-hybridized carbons (Fsp3) is 0.778. The molecule has 1 unspecified atom stereocenters. The lowest BCUT2D eigenvalue weighted by molar-refractivity contribution is -0.146. The van der Waals surface area contributed by atoms with Crippen LogP contribution in [0.2, 0.25) is 0 Å². The summed E-state index contributed by atoms with van der Waals surface area (Å²) in [6, 6.07) is 0. The second-order valence-corrected chi connectivity index (χ2v) is 7.97. The first kappa shape index (κ1) is 18.8. The number of carbonyl (C=O) groups excluding carboxylic acids is 2. The fourth-order valence-corrected chi connectivity index (χ4v) is 3.19. The molecule has 3 heterocycles. The molecule has 2 fully saturated rings. The lowest BCUT2D eigenvalue weighted by atomic mass is 9.96. The van der Waals surface area contributed by atoms with Gasteiger partial charge in [0.2, 0.25) is 11.8 Å². The Labute approximate surface area is 153 Å². The summed E-state index contributed by atoms with van der Waals surface area (Å²) >= 11 is 0. The number of aryl methyl sites for hydroxylation is 1. The molecule has 1 aromatic rings. The van der Waals surface area contributed by atoms with Gasteiger partial charge in [-0.15, -0.1) is 0 Å². The number of hydrogen-bond acceptors (Lipinski definition) is 6. The van der Waals surface area contributed by atoms with E-state index < -0.39 is 0 Å². The minimum Gasteiger partial charge on any atom is -0.368 e. The standard InChI is InChI=1S/C18H28N4O4/c1-18(2,3)17-19-14(26-20-17)6-7-15(23)21-8-10-22(11-9-21)16(24)13-5-4-12-25-13/h13H,4-12H2,1-3H3. The molecule has 0 radical (unpaired) electrons. The molecule has 8 nitrogen and oxygen atoms in total. The Kier molecular flexibility index (Phi) is 5.60. The van der Waals surface area contributed by atoms with Crippen molar-refractivity contribution in [3.8, 4) is 0 Å². The van der Waals surface area contributed by atoms with Crippen molar-refractivity contribution in [1.29, 1.82) is 0 Å². The summed E-state index contributed by atoms with van der Waals surface area (Å²) in [5.74, 6) is 1.27. The molecule has 8 heteroatoms. The molecule has 2 aliphatic heterocycles. The van der Waals surface area contributed by atoms with Gasteiger partial charge in [-0.25, -0.2) is 0 Å². The lowest BCUT2D eigenvalue weighted by Gasteiger charge is -2.35. The van der Waals surface area contributed by atoms with E-state index in [0.717, 1.165) is 12.8 Å². The second kappa shape index (κ2) is 7.73. The van der Waals surface area contributed by atoms with Crippen LogP contribution in [0.3, 0.4) is 0 Å². The van der Waals surface area contributed by atoms with E-state index in [2.05, 4.69) is 10.1 Å². The Morgan fingerprint density at radius 3 is 2.42 bits per heavy atom. The topological polar surface area (TPSA) is 88.8 Å². The van der Waals surface area contributed by atoms with Crippen LogP contribution in [0.1, 0.15) is 51.7 Å². The van der Waals surface area contributed by atoms with Crippen LogP contribution < -0.4 is 0 Å². The average Bonchev–Trinajstić information content (AvgIpc) is 3.30. The molecular formula is C18H28N4O4. The number of rotatable bonds is 4. The van der Waals surface area contributed by atoms with E-state index in [1.165, 1.54) is 0 Å². The zero-order valence-corrected chi connectivity index (χ0v) is 15.9. The van der Waals surface area contributed by atoms with Gasteiger partial charge >= 0.3 is 0 Å². The summed E-state index contributed by atoms with van der Waals surface area (Å²) in [5, 5.41) is 3.98. The van der Waals surface area contributed by atoms with Gasteiger partial charge in [0.05, 0.1) is 0 Å². The minimum atomic E-state index is -0.285. The van der Waals surface area contributed by atoms with Gasteiger partial charge in [-0.2, -0.15) is 4.98 Å². The maximum Gasteiger partial charge on any atom is 0.251 e. The summed E-state index contributed by atoms with van der Waals surface area (Å²) in [6.07, 6.45) is 2.24. The second-order valence-electron chi connectivity index (χ2n) is 7.97. The van der Waals surface area contributed by atoms with Gasteiger partial charge in [0, 0.05) is 51.0 Å². The van der Waals surface area contributed by atoms with Crippen LogP contribution >= 0.6 is 0 Å². The van der Waals surface area contributed by atoms with E-state index in [0.29, 0.717) is 57.3 Å². The van der Waals surface area contributed by atoms with E-state index >= 15 is 0 Å². The molecule has 0 spiro atoms. The third-order valence-corrected chi connectivity index (χ3v) is 4.84. The summed E-state index contributed by atoms with van der Waals surface area (Å²) < 4.78 is 10.7. The van der Waals surface area contributed by atoms with E-state index in [9.17, 15) is 9.59 Å². The average molecular weight is 364 g/mol. The molecule has 2 saturated heterocycles. The third-order valence-electron chi connectivity index (χ3n) is 4.84. The number of hydrogen-bond donors (Lipinski definition) is 0. The Morgan fingerprint density at radius 2 is 1.85 bits per heavy atom. The minimum absolute atomic E-state index is 0.0599. The summed E-state index contributed by atoms with van der Waals surface area (Å²) in [4.78, 5) is 32.7. The lowest BCUT2D eigenvalue weighted by Crippen LogP contribution is -2.52. The predicted octanol–water partition coefficient (Wildman–Crippen LogP) is 1.15. The number of amides is 2. The van der Waals surface area contributed by atoms with Gasteiger partial charge in [0.1, 0.15) is 6.10 Å². The first-order valence-electron chi connectivity index (χ1n) is 9.36. The van der Waals surface area contributed by atoms with E-state index in [4.69, 9.17) is 9.26 Å². The molecule has 0 aromatic carbocycles. The van der Waals surface area contributed by atoms with E-state index in [1.807, 2.05) is 25.7 Å². The van der Waals surface area contributed by atoms with Gasteiger partial charge in [-0.1, -0.05) is 25.9 Å². The predicted molar refractivity (Wildman–Crippen MR) is 93.5 cm³/mol. The molecule has 1 atom stereocenters. The van der Waals surface area contributed by atoms with Crippen LogP contribution in [0, 0.1) is 0 Å². The first-order chi connectivity index (χ1) is 12.3. The molecule has 2 aliphatic rings. The smallest absolute Gasteiger partial charge is 0.251 e. The maximum atomic E-state index is 12.4. The highest BCUT2D eigenvalue weighted by molar-refractivity contribution is 5.82. The van der Waals surface area contributed by atoms with Gasteiger partial charge in [0.15, 0.2) is 5.82 Å². The van der Waals surface area contributed by atoms with Crippen LogP contribution in [0.15, 0.2) is 4.52 Å². The zero-order valence-electron chi connectivity index (χ0n) is 15.9. The highest BCUT2D eigenvalue weighted by atomic mass is 16.5. The Bertz CT molecular complexity index is 638.